The number of rotatable bonds is 5. The SMILES string of the molecule is CCC(C)n1c(=O)n(C(C)C)c(=O)n(C(C)(C)CC)c1=O. The van der Waals surface area contributed by atoms with Gasteiger partial charge in [0.1, 0.15) is 0 Å². The molecule has 1 unspecified atom stereocenters. The number of hydrogen-bond donors (Lipinski definition) is 0. The van der Waals surface area contributed by atoms with Crippen LogP contribution in [0.4, 0.5) is 0 Å². The molecule has 0 aromatic carbocycles. The molecular formula is C15H27N3O3. The molecule has 0 amide bonds. The largest absolute Gasteiger partial charge is 0.337 e. The van der Waals surface area contributed by atoms with Gasteiger partial charge >= 0.3 is 17.1 Å². The smallest absolute Gasteiger partial charge is 0.247 e. The zero-order valence-corrected chi connectivity index (χ0v) is 14.1. The highest BCUT2D eigenvalue weighted by Crippen LogP contribution is 2.15. The van der Waals surface area contributed by atoms with Crippen molar-refractivity contribution in [1.29, 1.82) is 0 Å². The molecule has 0 spiro atoms. The zero-order chi connectivity index (χ0) is 16.5. The summed E-state index contributed by atoms with van der Waals surface area (Å²) in [6, 6.07) is -0.533. The van der Waals surface area contributed by atoms with E-state index in [9.17, 15) is 14.4 Å². The van der Waals surface area contributed by atoms with Crippen molar-refractivity contribution in [3.05, 3.63) is 31.5 Å². The first-order chi connectivity index (χ1) is 9.60. The molecule has 6 heteroatoms. The second kappa shape index (κ2) is 6.03. The fourth-order valence-electron chi connectivity index (χ4n) is 2.25. The molecule has 1 rings (SSSR count). The topological polar surface area (TPSA) is 66.0 Å². The quantitative estimate of drug-likeness (QED) is 0.833. The first-order valence-corrected chi connectivity index (χ1v) is 7.60. The predicted molar refractivity (Wildman–Crippen MR) is 84.2 cm³/mol. The maximum atomic E-state index is 12.7. The molecule has 0 aliphatic rings. The molecule has 0 aliphatic heterocycles. The van der Waals surface area contributed by atoms with E-state index in [1.807, 2.05) is 34.6 Å². The van der Waals surface area contributed by atoms with Crippen LogP contribution in [0.5, 0.6) is 0 Å². The Hall–Kier alpha value is -1.59. The average Bonchev–Trinajstić information content (AvgIpc) is 2.37. The highest BCUT2D eigenvalue weighted by molar-refractivity contribution is 4.89. The van der Waals surface area contributed by atoms with Gasteiger partial charge < -0.3 is 0 Å². The number of nitrogens with zero attached hydrogens (tertiary/aromatic N) is 3. The monoisotopic (exact) mass is 297 g/mol. The minimum Gasteiger partial charge on any atom is -0.247 e. The van der Waals surface area contributed by atoms with E-state index in [0.717, 1.165) is 0 Å². The Bertz CT molecular complexity index is 677. The van der Waals surface area contributed by atoms with Crippen LogP contribution in [0.1, 0.15) is 73.4 Å². The lowest BCUT2D eigenvalue weighted by molar-refractivity contribution is 0.269. The lowest BCUT2D eigenvalue weighted by Gasteiger charge is -2.28. The van der Waals surface area contributed by atoms with Crippen molar-refractivity contribution in [3.8, 4) is 0 Å². The molecule has 6 nitrogen and oxygen atoms in total. The van der Waals surface area contributed by atoms with E-state index < -0.39 is 22.6 Å². The predicted octanol–water partition coefficient (Wildman–Crippen LogP) is 1.87. The van der Waals surface area contributed by atoms with E-state index in [-0.39, 0.29) is 12.1 Å². The van der Waals surface area contributed by atoms with E-state index in [1.54, 1.807) is 13.8 Å². The lowest BCUT2D eigenvalue weighted by atomic mass is 10.0. The van der Waals surface area contributed by atoms with Crippen LogP contribution < -0.4 is 17.1 Å². The molecule has 120 valence electrons. The first-order valence-electron chi connectivity index (χ1n) is 7.60. The van der Waals surface area contributed by atoms with Crippen LogP contribution in [0.25, 0.3) is 0 Å². The second-order valence-electron chi connectivity index (χ2n) is 6.44. The number of aromatic nitrogens is 3. The van der Waals surface area contributed by atoms with Crippen LogP contribution in [0.3, 0.4) is 0 Å². The van der Waals surface area contributed by atoms with Gasteiger partial charge in [-0.2, -0.15) is 0 Å². The second-order valence-corrected chi connectivity index (χ2v) is 6.44. The van der Waals surface area contributed by atoms with Crippen molar-refractivity contribution in [2.24, 2.45) is 0 Å². The molecular weight excluding hydrogens is 270 g/mol. The van der Waals surface area contributed by atoms with E-state index >= 15 is 0 Å². The molecule has 0 N–H and O–H groups in total. The standard InChI is InChI=1S/C15H27N3O3/c1-8-11(5)17-12(19)16(10(3)4)13(20)18(14(17)21)15(6,7)9-2/h10-11H,8-9H2,1-7H3. The summed E-state index contributed by atoms with van der Waals surface area (Å²) in [5.74, 6) is 0. The fraction of sp³-hybridized carbons (Fsp3) is 0.800. The average molecular weight is 297 g/mol. The third-order valence-corrected chi connectivity index (χ3v) is 4.23. The normalized spacial score (nSPS) is 13.7. The third-order valence-electron chi connectivity index (χ3n) is 4.23. The maximum Gasteiger partial charge on any atom is 0.337 e. The Morgan fingerprint density at radius 3 is 1.76 bits per heavy atom. The highest BCUT2D eigenvalue weighted by Gasteiger charge is 2.28. The van der Waals surface area contributed by atoms with Crippen LogP contribution in [-0.4, -0.2) is 13.7 Å². The van der Waals surface area contributed by atoms with Gasteiger partial charge in [0, 0.05) is 17.6 Å². The molecule has 1 aromatic rings. The highest BCUT2D eigenvalue weighted by atomic mass is 16.2. The van der Waals surface area contributed by atoms with Crippen LogP contribution >= 0.6 is 0 Å². The molecule has 0 saturated carbocycles. The van der Waals surface area contributed by atoms with Gasteiger partial charge in [-0.15, -0.1) is 0 Å². The van der Waals surface area contributed by atoms with E-state index in [0.29, 0.717) is 12.8 Å². The van der Waals surface area contributed by atoms with Crippen LogP contribution in [-0.2, 0) is 5.54 Å². The molecule has 0 radical (unpaired) electrons. The molecule has 0 aliphatic carbocycles. The van der Waals surface area contributed by atoms with Gasteiger partial charge in [0.15, 0.2) is 0 Å². The number of hydrogen-bond acceptors (Lipinski definition) is 3. The van der Waals surface area contributed by atoms with Crippen molar-refractivity contribution < 1.29 is 0 Å². The summed E-state index contributed by atoms with van der Waals surface area (Å²) < 4.78 is 3.60. The summed E-state index contributed by atoms with van der Waals surface area (Å²) in [5.41, 5.74) is -2.18. The van der Waals surface area contributed by atoms with Gasteiger partial charge in [0.05, 0.1) is 0 Å². The van der Waals surface area contributed by atoms with Crippen LogP contribution in [0, 0.1) is 0 Å². The Kier molecular flexibility index (Phi) is 5.02. The van der Waals surface area contributed by atoms with Gasteiger partial charge in [-0.1, -0.05) is 13.8 Å². The molecule has 1 heterocycles. The van der Waals surface area contributed by atoms with E-state index in [2.05, 4.69) is 0 Å². The minimum atomic E-state index is -0.631. The van der Waals surface area contributed by atoms with Gasteiger partial charge in [0.2, 0.25) is 0 Å². The summed E-state index contributed by atoms with van der Waals surface area (Å²) in [6.45, 7) is 12.9. The molecule has 21 heavy (non-hydrogen) atoms. The summed E-state index contributed by atoms with van der Waals surface area (Å²) in [4.78, 5) is 37.9. The van der Waals surface area contributed by atoms with Crippen molar-refractivity contribution >= 4 is 0 Å². The lowest BCUT2D eigenvalue weighted by Crippen LogP contribution is -2.59. The Morgan fingerprint density at radius 1 is 0.905 bits per heavy atom. The fourth-order valence-corrected chi connectivity index (χ4v) is 2.25. The third kappa shape index (κ3) is 2.89. The van der Waals surface area contributed by atoms with Crippen LogP contribution in [0.2, 0.25) is 0 Å². The van der Waals surface area contributed by atoms with Crippen molar-refractivity contribution in [1.82, 2.24) is 13.7 Å². The molecule has 0 fully saturated rings. The van der Waals surface area contributed by atoms with Gasteiger partial charge in [-0.3, -0.25) is 0 Å². The summed E-state index contributed by atoms with van der Waals surface area (Å²) in [5, 5.41) is 0. The van der Waals surface area contributed by atoms with Crippen molar-refractivity contribution in [2.75, 3.05) is 0 Å². The molecule has 0 saturated heterocycles. The van der Waals surface area contributed by atoms with Crippen molar-refractivity contribution in [3.63, 3.8) is 0 Å². The first kappa shape index (κ1) is 17.5. The minimum absolute atomic E-state index is 0.241. The molecule has 0 bridgehead atoms. The van der Waals surface area contributed by atoms with E-state index in [4.69, 9.17) is 0 Å². The van der Waals surface area contributed by atoms with Crippen LogP contribution in [0.15, 0.2) is 14.4 Å². The maximum absolute atomic E-state index is 12.7. The van der Waals surface area contributed by atoms with Crippen molar-refractivity contribution in [2.45, 2.75) is 78.9 Å². The van der Waals surface area contributed by atoms with E-state index in [1.165, 1.54) is 13.7 Å². The Labute approximate surface area is 125 Å². The van der Waals surface area contributed by atoms with Gasteiger partial charge in [-0.05, 0) is 47.5 Å². The Balaban J connectivity index is 4.01. The summed E-state index contributed by atoms with van der Waals surface area (Å²) >= 11 is 0. The Morgan fingerprint density at radius 2 is 1.38 bits per heavy atom. The van der Waals surface area contributed by atoms with Gasteiger partial charge in [-0.25, -0.2) is 28.1 Å². The molecule has 1 aromatic heterocycles. The zero-order valence-electron chi connectivity index (χ0n) is 14.1. The summed E-state index contributed by atoms with van der Waals surface area (Å²) in [6.07, 6.45) is 1.27. The molecule has 1 atom stereocenters. The summed E-state index contributed by atoms with van der Waals surface area (Å²) in [7, 11) is 0. The van der Waals surface area contributed by atoms with Gasteiger partial charge in [0.25, 0.3) is 0 Å².